The summed E-state index contributed by atoms with van der Waals surface area (Å²) in [6, 6.07) is 7.12. The quantitative estimate of drug-likeness (QED) is 0.615. The lowest BCUT2D eigenvalue weighted by Gasteiger charge is -2.20. The second kappa shape index (κ2) is 8.72. The molecule has 0 spiro atoms. The van der Waals surface area contributed by atoms with Crippen molar-refractivity contribution in [3.63, 3.8) is 0 Å². The molecule has 0 radical (unpaired) electrons. The number of nitrogens with zero attached hydrogens (tertiary/aromatic N) is 1. The van der Waals surface area contributed by atoms with Crippen LogP contribution in [0.5, 0.6) is 5.75 Å². The first-order valence-electron chi connectivity index (χ1n) is 7.43. The Kier molecular flexibility index (Phi) is 7.29. The highest BCUT2D eigenvalue weighted by Crippen LogP contribution is 2.22. The molecule has 0 amide bonds. The van der Waals surface area contributed by atoms with E-state index in [1.807, 2.05) is 0 Å². The molecule has 0 N–H and O–H groups in total. The van der Waals surface area contributed by atoms with Crippen LogP contribution in [-0.4, -0.2) is 21.6 Å². The lowest BCUT2D eigenvalue weighted by molar-refractivity contribution is 0.305. The van der Waals surface area contributed by atoms with Gasteiger partial charge in [-0.1, -0.05) is 32.8 Å². The van der Waals surface area contributed by atoms with E-state index in [1.165, 1.54) is 23.6 Å². The summed E-state index contributed by atoms with van der Waals surface area (Å²) in [4.78, 5) is 0. The Bertz CT molecular complexity index is 523. The van der Waals surface area contributed by atoms with Gasteiger partial charge in [-0.05, 0) is 37.6 Å². The van der Waals surface area contributed by atoms with Gasteiger partial charge < -0.3 is 4.74 Å². The fourth-order valence-electron chi connectivity index (χ4n) is 2.03. The molecule has 0 saturated heterocycles. The number of ether oxygens (including phenoxy) is 1. The Labute approximate surface area is 128 Å². The maximum Gasteiger partial charge on any atom is 0.256 e. The van der Waals surface area contributed by atoms with E-state index in [4.69, 9.17) is 4.74 Å². The highest BCUT2D eigenvalue weighted by Gasteiger charge is 2.16. The van der Waals surface area contributed by atoms with Gasteiger partial charge in [0.15, 0.2) is 0 Å². The number of anilines is 1. The molecule has 4 nitrogen and oxygen atoms in total. The Balaban J connectivity index is 2.62. The molecule has 0 aliphatic rings. The van der Waals surface area contributed by atoms with Crippen LogP contribution in [0.25, 0.3) is 0 Å². The smallest absolute Gasteiger partial charge is 0.256 e. The Morgan fingerprint density at radius 2 is 1.81 bits per heavy atom. The van der Waals surface area contributed by atoms with Gasteiger partial charge in [-0.3, -0.25) is 4.31 Å². The first-order valence-corrected chi connectivity index (χ1v) is 8.93. The summed E-state index contributed by atoms with van der Waals surface area (Å²) in [7, 11) is -3.45. The number of hydrogen-bond donors (Lipinski definition) is 0. The predicted molar refractivity (Wildman–Crippen MR) is 88.2 cm³/mol. The van der Waals surface area contributed by atoms with E-state index in [0.717, 1.165) is 17.6 Å². The zero-order valence-corrected chi connectivity index (χ0v) is 13.7. The molecule has 5 heteroatoms. The van der Waals surface area contributed by atoms with Crippen LogP contribution in [0.4, 0.5) is 5.69 Å². The molecule has 0 aliphatic heterocycles. The molecule has 0 aliphatic carbocycles. The highest BCUT2D eigenvalue weighted by molar-refractivity contribution is 7.95. The van der Waals surface area contributed by atoms with Gasteiger partial charge in [-0.25, -0.2) is 8.42 Å². The van der Waals surface area contributed by atoms with Gasteiger partial charge >= 0.3 is 0 Å². The Hall–Kier alpha value is -1.49. The molecule has 0 heterocycles. The highest BCUT2D eigenvalue weighted by atomic mass is 32.2. The molecular formula is C16H25NO3S. The van der Waals surface area contributed by atoms with Gasteiger partial charge in [0, 0.05) is 12.0 Å². The molecule has 0 saturated carbocycles. The Morgan fingerprint density at radius 3 is 2.33 bits per heavy atom. The predicted octanol–water partition coefficient (Wildman–Crippen LogP) is 3.95. The van der Waals surface area contributed by atoms with Crippen molar-refractivity contribution in [2.24, 2.45) is 0 Å². The summed E-state index contributed by atoms with van der Waals surface area (Å²) < 4.78 is 30.7. The third-order valence-electron chi connectivity index (χ3n) is 3.20. The van der Waals surface area contributed by atoms with Crippen molar-refractivity contribution < 1.29 is 13.2 Å². The summed E-state index contributed by atoms with van der Waals surface area (Å²) in [6.45, 7) is 8.39. The van der Waals surface area contributed by atoms with Crippen molar-refractivity contribution in [2.45, 2.75) is 39.5 Å². The number of hydrogen-bond acceptors (Lipinski definition) is 3. The fraction of sp³-hybridized carbons (Fsp3) is 0.500. The van der Waals surface area contributed by atoms with Crippen LogP contribution in [0.1, 0.15) is 39.5 Å². The van der Waals surface area contributed by atoms with Crippen LogP contribution in [0, 0.1) is 0 Å². The van der Waals surface area contributed by atoms with Crippen molar-refractivity contribution in [1.29, 1.82) is 0 Å². The Morgan fingerprint density at radius 1 is 1.14 bits per heavy atom. The van der Waals surface area contributed by atoms with Crippen LogP contribution in [0.15, 0.2) is 36.3 Å². The minimum absolute atomic E-state index is 0.367. The monoisotopic (exact) mass is 311 g/mol. The SMILES string of the molecule is C=CS(=O)(=O)N(CC)c1ccc(OCCCCCC)cc1. The van der Waals surface area contributed by atoms with Crippen LogP contribution in [0.2, 0.25) is 0 Å². The molecule has 1 rings (SSSR count). The number of benzene rings is 1. The largest absolute Gasteiger partial charge is 0.494 e. The molecule has 118 valence electrons. The topological polar surface area (TPSA) is 46.6 Å². The van der Waals surface area contributed by atoms with Gasteiger partial charge in [-0.2, -0.15) is 0 Å². The van der Waals surface area contributed by atoms with E-state index < -0.39 is 10.0 Å². The molecule has 0 fully saturated rings. The molecule has 0 unspecified atom stereocenters. The minimum Gasteiger partial charge on any atom is -0.494 e. The van der Waals surface area contributed by atoms with E-state index in [9.17, 15) is 8.42 Å². The van der Waals surface area contributed by atoms with E-state index in [0.29, 0.717) is 18.8 Å². The zero-order valence-electron chi connectivity index (χ0n) is 12.9. The molecule has 1 aromatic rings. The van der Waals surface area contributed by atoms with Crippen LogP contribution < -0.4 is 9.04 Å². The average molecular weight is 311 g/mol. The summed E-state index contributed by atoms with van der Waals surface area (Å²) in [5.74, 6) is 0.766. The summed E-state index contributed by atoms with van der Waals surface area (Å²) in [5, 5.41) is 0.967. The molecule has 0 atom stereocenters. The summed E-state index contributed by atoms with van der Waals surface area (Å²) >= 11 is 0. The van der Waals surface area contributed by atoms with Gasteiger partial charge in [0.1, 0.15) is 5.75 Å². The van der Waals surface area contributed by atoms with E-state index in [-0.39, 0.29) is 0 Å². The summed E-state index contributed by atoms with van der Waals surface area (Å²) in [5.41, 5.74) is 0.621. The second-order valence-electron chi connectivity index (χ2n) is 4.78. The fourth-order valence-corrected chi connectivity index (χ4v) is 2.98. The third-order valence-corrected chi connectivity index (χ3v) is 4.70. The van der Waals surface area contributed by atoms with Crippen molar-refractivity contribution in [3.05, 3.63) is 36.3 Å². The molecule has 0 aromatic heterocycles. The van der Waals surface area contributed by atoms with E-state index in [1.54, 1.807) is 31.2 Å². The number of sulfonamides is 1. The molecular weight excluding hydrogens is 286 g/mol. The van der Waals surface area contributed by atoms with Crippen LogP contribution >= 0.6 is 0 Å². The van der Waals surface area contributed by atoms with E-state index in [2.05, 4.69) is 13.5 Å². The summed E-state index contributed by atoms with van der Waals surface area (Å²) in [6.07, 6.45) is 4.66. The zero-order chi connectivity index (χ0) is 15.7. The van der Waals surface area contributed by atoms with Gasteiger partial charge in [0.2, 0.25) is 0 Å². The normalized spacial score (nSPS) is 11.1. The van der Waals surface area contributed by atoms with Crippen LogP contribution in [-0.2, 0) is 10.0 Å². The maximum atomic E-state index is 11.9. The van der Waals surface area contributed by atoms with Gasteiger partial charge in [-0.15, -0.1) is 0 Å². The lowest BCUT2D eigenvalue weighted by atomic mass is 10.2. The number of unbranched alkanes of at least 4 members (excludes halogenated alkanes) is 3. The standard InChI is InChI=1S/C16H25NO3S/c1-4-7-8-9-14-20-16-12-10-15(11-13-16)17(5-2)21(18,19)6-3/h6,10-13H,3-5,7-9,14H2,1-2H3. The van der Waals surface area contributed by atoms with E-state index >= 15 is 0 Å². The van der Waals surface area contributed by atoms with Crippen molar-refractivity contribution in [1.82, 2.24) is 0 Å². The number of rotatable bonds is 10. The lowest BCUT2D eigenvalue weighted by Crippen LogP contribution is -2.28. The molecule has 0 bridgehead atoms. The third kappa shape index (κ3) is 5.42. The maximum absolute atomic E-state index is 11.9. The molecule has 21 heavy (non-hydrogen) atoms. The molecule has 1 aromatic carbocycles. The average Bonchev–Trinajstić information content (AvgIpc) is 2.49. The van der Waals surface area contributed by atoms with Crippen LogP contribution in [0.3, 0.4) is 0 Å². The first kappa shape index (κ1) is 17.6. The van der Waals surface area contributed by atoms with Crippen molar-refractivity contribution in [3.8, 4) is 5.75 Å². The second-order valence-corrected chi connectivity index (χ2v) is 6.58. The van der Waals surface area contributed by atoms with Crippen molar-refractivity contribution in [2.75, 3.05) is 17.5 Å². The first-order chi connectivity index (χ1) is 10.0. The van der Waals surface area contributed by atoms with Gasteiger partial charge in [0.25, 0.3) is 10.0 Å². The minimum atomic E-state index is -3.45. The van der Waals surface area contributed by atoms with Crippen molar-refractivity contribution >= 4 is 15.7 Å². The van der Waals surface area contributed by atoms with Gasteiger partial charge in [0.05, 0.1) is 12.3 Å².